The van der Waals surface area contributed by atoms with Crippen LogP contribution in [0.1, 0.15) is 43.4 Å². The van der Waals surface area contributed by atoms with Crippen molar-refractivity contribution in [3.8, 4) is 0 Å². The second-order valence-corrected chi connectivity index (χ2v) is 9.28. The molecule has 2 rings (SSSR count). The number of nitrogens with zero attached hydrogens (tertiary/aromatic N) is 1. The minimum atomic E-state index is -0.550. The van der Waals surface area contributed by atoms with Gasteiger partial charge in [-0.05, 0) is 43.0 Å². The number of carbonyl (C=O) groups excluding carboxylic acids is 2. The monoisotopic (exact) mass is 480 g/mol. The van der Waals surface area contributed by atoms with Gasteiger partial charge in [-0.1, -0.05) is 72.9 Å². The number of halogens is 2. The van der Waals surface area contributed by atoms with Gasteiger partial charge < -0.3 is 10.2 Å². The van der Waals surface area contributed by atoms with Crippen LogP contribution in [-0.2, 0) is 21.9 Å². The minimum Gasteiger partial charge on any atom is -0.354 e. The van der Waals surface area contributed by atoms with E-state index in [1.54, 1.807) is 34.9 Å². The molecule has 0 bridgehead atoms. The van der Waals surface area contributed by atoms with Crippen LogP contribution in [0.25, 0.3) is 0 Å². The zero-order chi connectivity index (χ0) is 22.8. The number of benzene rings is 2. The molecule has 1 atom stereocenters. The fourth-order valence-corrected chi connectivity index (χ4v) is 4.48. The zero-order valence-corrected chi connectivity index (χ0v) is 20.6. The predicted molar refractivity (Wildman–Crippen MR) is 132 cm³/mol. The largest absolute Gasteiger partial charge is 0.354 e. The molecule has 0 aliphatic rings. The van der Waals surface area contributed by atoms with Crippen molar-refractivity contribution in [3.63, 3.8) is 0 Å². The van der Waals surface area contributed by atoms with Gasteiger partial charge in [-0.2, -0.15) is 0 Å². The molecule has 0 saturated heterocycles. The summed E-state index contributed by atoms with van der Waals surface area (Å²) < 4.78 is 0. The Labute approximate surface area is 199 Å². The van der Waals surface area contributed by atoms with Gasteiger partial charge in [0.25, 0.3) is 0 Å². The Kier molecular flexibility index (Phi) is 10.7. The molecule has 31 heavy (non-hydrogen) atoms. The Hall–Kier alpha value is -1.69. The van der Waals surface area contributed by atoms with E-state index < -0.39 is 6.04 Å². The van der Waals surface area contributed by atoms with Crippen molar-refractivity contribution >= 4 is 46.8 Å². The number of rotatable bonds is 11. The lowest BCUT2D eigenvalue weighted by molar-refractivity contribution is -0.139. The average Bonchev–Trinajstić information content (AvgIpc) is 2.74. The zero-order valence-electron chi connectivity index (χ0n) is 18.3. The first-order chi connectivity index (χ1) is 14.8. The lowest BCUT2D eigenvalue weighted by atomic mass is 10.1. The van der Waals surface area contributed by atoms with Crippen LogP contribution >= 0.6 is 35.0 Å². The smallest absolute Gasteiger partial charge is 0.242 e. The molecule has 1 N–H and O–H groups in total. The lowest BCUT2D eigenvalue weighted by Gasteiger charge is -2.31. The van der Waals surface area contributed by atoms with Gasteiger partial charge in [0.2, 0.25) is 11.8 Å². The summed E-state index contributed by atoms with van der Waals surface area (Å²) in [5.74, 6) is 0.810. The Bertz CT molecular complexity index is 874. The van der Waals surface area contributed by atoms with E-state index in [4.69, 9.17) is 23.2 Å². The molecule has 2 aromatic carbocycles. The van der Waals surface area contributed by atoms with Gasteiger partial charge in [0, 0.05) is 28.9 Å². The normalized spacial score (nSPS) is 11.8. The summed E-state index contributed by atoms with van der Waals surface area (Å²) in [6.45, 7) is 6.81. The molecular formula is C24H30Cl2N2O2S. The van der Waals surface area contributed by atoms with Crippen LogP contribution in [0, 0.1) is 6.92 Å². The Morgan fingerprint density at radius 2 is 1.81 bits per heavy atom. The summed E-state index contributed by atoms with van der Waals surface area (Å²) in [6, 6.07) is 12.9. The molecule has 0 aliphatic carbocycles. The number of thioether (sulfide) groups is 1. The Balaban J connectivity index is 2.14. The molecule has 0 aromatic heterocycles. The van der Waals surface area contributed by atoms with Crippen LogP contribution in [0.15, 0.2) is 42.5 Å². The van der Waals surface area contributed by atoms with Crippen LogP contribution in [0.4, 0.5) is 0 Å². The van der Waals surface area contributed by atoms with E-state index in [-0.39, 0.29) is 24.1 Å². The van der Waals surface area contributed by atoms with Crippen molar-refractivity contribution in [2.75, 3.05) is 12.3 Å². The maximum Gasteiger partial charge on any atom is 0.242 e. The van der Waals surface area contributed by atoms with Crippen LogP contribution in [0.2, 0.25) is 10.0 Å². The van der Waals surface area contributed by atoms with Crippen molar-refractivity contribution in [2.45, 2.75) is 52.0 Å². The fraction of sp³-hybridized carbons (Fsp3) is 0.417. The van der Waals surface area contributed by atoms with Gasteiger partial charge in [0.1, 0.15) is 6.04 Å². The predicted octanol–water partition coefficient (Wildman–Crippen LogP) is 5.87. The molecule has 0 radical (unpaired) electrons. The van der Waals surface area contributed by atoms with E-state index in [9.17, 15) is 9.59 Å². The second-order valence-electron chi connectivity index (χ2n) is 7.45. The highest BCUT2D eigenvalue weighted by atomic mass is 35.5. The maximum atomic E-state index is 13.2. The highest BCUT2D eigenvalue weighted by molar-refractivity contribution is 7.99. The molecular weight excluding hydrogens is 451 g/mol. The van der Waals surface area contributed by atoms with Gasteiger partial charge >= 0.3 is 0 Å². The van der Waals surface area contributed by atoms with E-state index in [2.05, 4.69) is 36.5 Å². The molecule has 2 aromatic rings. The van der Waals surface area contributed by atoms with E-state index in [0.29, 0.717) is 23.0 Å². The number of aryl methyl sites for hydroxylation is 1. The van der Waals surface area contributed by atoms with Gasteiger partial charge in [-0.25, -0.2) is 0 Å². The van der Waals surface area contributed by atoms with Crippen molar-refractivity contribution in [1.29, 1.82) is 0 Å². The molecule has 2 amide bonds. The first-order valence-electron chi connectivity index (χ1n) is 10.5. The molecule has 0 fully saturated rings. The Morgan fingerprint density at radius 3 is 2.42 bits per heavy atom. The third-order valence-electron chi connectivity index (χ3n) is 4.91. The SMILES string of the molecule is CCCNC(=O)[C@@H](CC)N(Cc1ccc(Cl)cc1Cl)C(=O)CSCc1ccc(C)cc1. The van der Waals surface area contributed by atoms with Crippen molar-refractivity contribution in [1.82, 2.24) is 10.2 Å². The molecule has 0 unspecified atom stereocenters. The van der Waals surface area contributed by atoms with E-state index in [0.717, 1.165) is 17.7 Å². The van der Waals surface area contributed by atoms with Crippen LogP contribution < -0.4 is 5.32 Å². The first-order valence-corrected chi connectivity index (χ1v) is 12.4. The number of hydrogen-bond acceptors (Lipinski definition) is 3. The summed E-state index contributed by atoms with van der Waals surface area (Å²) in [4.78, 5) is 27.6. The van der Waals surface area contributed by atoms with Crippen LogP contribution in [0.5, 0.6) is 0 Å². The standard InChI is InChI=1S/C24H30Cl2N2O2S/c1-4-12-27-24(30)22(5-2)28(14-19-10-11-20(25)13-21(19)26)23(29)16-31-15-18-8-6-17(3)7-9-18/h6-11,13,22H,4-5,12,14-16H2,1-3H3,(H,27,30)/t22-/m1/s1. The number of amides is 2. The maximum absolute atomic E-state index is 13.2. The van der Waals surface area contributed by atoms with E-state index in [1.807, 2.05) is 13.8 Å². The summed E-state index contributed by atoms with van der Waals surface area (Å²) in [5.41, 5.74) is 3.15. The van der Waals surface area contributed by atoms with Crippen LogP contribution in [0.3, 0.4) is 0 Å². The molecule has 7 heteroatoms. The quantitative estimate of drug-likeness (QED) is 0.437. The summed E-state index contributed by atoms with van der Waals surface area (Å²) in [6.07, 6.45) is 1.36. The van der Waals surface area contributed by atoms with Crippen molar-refractivity contribution < 1.29 is 9.59 Å². The third kappa shape index (κ3) is 8.06. The second kappa shape index (κ2) is 13.0. The summed E-state index contributed by atoms with van der Waals surface area (Å²) in [7, 11) is 0. The highest BCUT2D eigenvalue weighted by Crippen LogP contribution is 2.24. The molecule has 168 valence electrons. The Morgan fingerprint density at radius 1 is 1.10 bits per heavy atom. The van der Waals surface area contributed by atoms with Gasteiger partial charge in [0.15, 0.2) is 0 Å². The van der Waals surface area contributed by atoms with Crippen molar-refractivity contribution in [3.05, 3.63) is 69.2 Å². The minimum absolute atomic E-state index is 0.0818. The summed E-state index contributed by atoms with van der Waals surface area (Å²) in [5, 5.41) is 3.94. The number of carbonyl (C=O) groups is 2. The topological polar surface area (TPSA) is 49.4 Å². The van der Waals surface area contributed by atoms with Gasteiger partial charge in [0.05, 0.1) is 5.75 Å². The molecule has 0 aliphatic heterocycles. The molecule has 0 saturated carbocycles. The highest BCUT2D eigenvalue weighted by Gasteiger charge is 2.28. The first kappa shape index (κ1) is 25.6. The summed E-state index contributed by atoms with van der Waals surface area (Å²) >= 11 is 13.9. The van der Waals surface area contributed by atoms with Gasteiger partial charge in [-0.3, -0.25) is 9.59 Å². The van der Waals surface area contributed by atoms with Crippen molar-refractivity contribution in [2.24, 2.45) is 0 Å². The van der Waals surface area contributed by atoms with E-state index >= 15 is 0 Å². The fourth-order valence-electron chi connectivity index (χ4n) is 3.14. The van der Waals surface area contributed by atoms with Crippen LogP contribution in [-0.4, -0.2) is 35.1 Å². The van der Waals surface area contributed by atoms with Gasteiger partial charge in [-0.15, -0.1) is 11.8 Å². The number of hydrogen-bond donors (Lipinski definition) is 1. The number of nitrogens with one attached hydrogen (secondary N) is 1. The molecule has 4 nitrogen and oxygen atoms in total. The average molecular weight is 481 g/mol. The molecule has 0 spiro atoms. The lowest BCUT2D eigenvalue weighted by Crippen LogP contribution is -2.49. The van der Waals surface area contributed by atoms with E-state index in [1.165, 1.54) is 11.1 Å². The third-order valence-corrected chi connectivity index (χ3v) is 6.48. The molecule has 0 heterocycles.